The van der Waals surface area contributed by atoms with Crippen LogP contribution in [0.1, 0.15) is 44.4 Å². The fraction of sp³-hybridized carbons (Fsp3) is 0.423. The third kappa shape index (κ3) is 4.64. The number of methoxy groups -OCH3 is 2. The monoisotopic (exact) mass is 452 g/mol. The normalized spacial score (nSPS) is 17.4. The lowest BCUT2D eigenvalue weighted by Crippen LogP contribution is -2.32. The van der Waals surface area contributed by atoms with Crippen molar-refractivity contribution in [2.45, 2.75) is 38.8 Å². The van der Waals surface area contributed by atoms with Crippen molar-refractivity contribution in [2.24, 2.45) is 0 Å². The van der Waals surface area contributed by atoms with Gasteiger partial charge in [0.2, 0.25) is 0 Å². The minimum absolute atomic E-state index is 0.144. The molecule has 7 heteroatoms. The lowest BCUT2D eigenvalue weighted by atomic mass is 9.81. The van der Waals surface area contributed by atoms with Crippen molar-refractivity contribution >= 4 is 17.4 Å². The van der Waals surface area contributed by atoms with Crippen LogP contribution in [-0.2, 0) is 9.47 Å². The summed E-state index contributed by atoms with van der Waals surface area (Å²) in [7, 11) is 3.26. The Labute approximate surface area is 195 Å². The summed E-state index contributed by atoms with van der Waals surface area (Å²) >= 11 is 0. The van der Waals surface area contributed by atoms with Gasteiger partial charge in [-0.15, -0.1) is 0 Å². The van der Waals surface area contributed by atoms with Gasteiger partial charge < -0.3 is 29.6 Å². The Bertz CT molecular complexity index is 1080. The van der Waals surface area contributed by atoms with E-state index >= 15 is 0 Å². The molecule has 1 unspecified atom stereocenters. The largest absolute Gasteiger partial charge is 0.496 e. The van der Waals surface area contributed by atoms with Gasteiger partial charge in [0.25, 0.3) is 0 Å². The smallest absolute Gasteiger partial charge is 0.407 e. The third-order valence-corrected chi connectivity index (χ3v) is 5.93. The summed E-state index contributed by atoms with van der Waals surface area (Å²) in [6.45, 7) is 7.52. The fourth-order valence-corrected chi connectivity index (χ4v) is 4.72. The summed E-state index contributed by atoms with van der Waals surface area (Å²) in [6.07, 6.45) is 2.03. The number of nitrogens with one attached hydrogen (secondary N) is 2. The molecule has 2 aromatic rings. The molecule has 0 saturated heterocycles. The number of fused-ring (bicyclic) bond motifs is 5. The number of allylic oxidation sites excluding steroid dienone is 1. The van der Waals surface area contributed by atoms with Crippen LogP contribution < -0.4 is 20.1 Å². The third-order valence-electron chi connectivity index (χ3n) is 5.93. The zero-order valence-corrected chi connectivity index (χ0v) is 19.9. The highest BCUT2D eigenvalue weighted by Gasteiger charge is 2.34. The quantitative estimate of drug-likeness (QED) is 0.565. The molecular weight excluding hydrogens is 420 g/mol. The predicted octanol–water partition coefficient (Wildman–Crippen LogP) is 5.17. The molecule has 0 spiro atoms. The van der Waals surface area contributed by atoms with E-state index < -0.39 is 6.09 Å². The first-order valence-electron chi connectivity index (χ1n) is 11.2. The van der Waals surface area contributed by atoms with Crippen LogP contribution in [-0.4, -0.2) is 45.6 Å². The number of carbonyl (C=O) groups is 1. The SMILES string of the molecule is COCCNC(=O)OCCC1Oc2cccc(OC)c2-c2ccc3c(c21)C(C)=CC(C)(C)N3. The van der Waals surface area contributed by atoms with Crippen molar-refractivity contribution < 1.29 is 23.7 Å². The van der Waals surface area contributed by atoms with Crippen LogP contribution >= 0.6 is 0 Å². The van der Waals surface area contributed by atoms with Crippen LogP contribution in [0.25, 0.3) is 16.7 Å². The molecule has 2 aliphatic rings. The molecule has 2 N–H and O–H groups in total. The van der Waals surface area contributed by atoms with Crippen LogP contribution in [0.3, 0.4) is 0 Å². The number of hydrogen-bond acceptors (Lipinski definition) is 6. The molecule has 1 atom stereocenters. The van der Waals surface area contributed by atoms with Gasteiger partial charge in [0.05, 0.1) is 31.4 Å². The number of hydrogen-bond donors (Lipinski definition) is 2. The molecular formula is C26H32N2O5. The van der Waals surface area contributed by atoms with Crippen LogP contribution in [0, 0.1) is 0 Å². The molecule has 0 bridgehead atoms. The van der Waals surface area contributed by atoms with Crippen LogP contribution in [0.5, 0.6) is 11.5 Å². The molecule has 176 valence electrons. The highest BCUT2D eigenvalue weighted by Crippen LogP contribution is 2.52. The van der Waals surface area contributed by atoms with Crippen molar-refractivity contribution in [3.63, 3.8) is 0 Å². The molecule has 2 heterocycles. The van der Waals surface area contributed by atoms with Crippen LogP contribution in [0.4, 0.5) is 10.5 Å². The van der Waals surface area contributed by atoms with Gasteiger partial charge >= 0.3 is 6.09 Å². The van der Waals surface area contributed by atoms with Crippen molar-refractivity contribution in [3.05, 3.63) is 47.5 Å². The topological polar surface area (TPSA) is 78.1 Å². The molecule has 33 heavy (non-hydrogen) atoms. The first kappa shape index (κ1) is 23.0. The lowest BCUT2D eigenvalue weighted by molar-refractivity contribution is 0.112. The summed E-state index contributed by atoms with van der Waals surface area (Å²) in [4.78, 5) is 12.0. The maximum atomic E-state index is 12.0. The van der Waals surface area contributed by atoms with E-state index in [0.717, 1.165) is 39.4 Å². The number of alkyl carbamates (subject to hydrolysis) is 1. The van der Waals surface area contributed by atoms with Gasteiger partial charge in [0, 0.05) is 36.9 Å². The van der Waals surface area contributed by atoms with Gasteiger partial charge in [0.15, 0.2) is 0 Å². The summed E-state index contributed by atoms with van der Waals surface area (Å²) in [5, 5.41) is 6.30. The first-order valence-corrected chi connectivity index (χ1v) is 11.2. The van der Waals surface area contributed by atoms with E-state index in [-0.39, 0.29) is 18.2 Å². The summed E-state index contributed by atoms with van der Waals surface area (Å²) < 4.78 is 22.5. The Kier molecular flexibility index (Phi) is 6.51. The minimum atomic E-state index is -0.459. The van der Waals surface area contributed by atoms with Gasteiger partial charge in [-0.05, 0) is 50.1 Å². The van der Waals surface area contributed by atoms with Gasteiger partial charge in [0.1, 0.15) is 17.6 Å². The molecule has 4 rings (SSSR count). The summed E-state index contributed by atoms with van der Waals surface area (Å²) in [5.74, 6) is 1.54. The van der Waals surface area contributed by atoms with E-state index in [1.807, 2.05) is 18.2 Å². The number of ether oxygens (including phenoxy) is 4. The van der Waals surface area contributed by atoms with E-state index in [1.54, 1.807) is 14.2 Å². The Morgan fingerprint density at radius 1 is 1.15 bits per heavy atom. The fourth-order valence-electron chi connectivity index (χ4n) is 4.72. The summed E-state index contributed by atoms with van der Waals surface area (Å²) in [6, 6.07) is 10.1. The van der Waals surface area contributed by atoms with Crippen molar-refractivity contribution in [1.29, 1.82) is 0 Å². The molecule has 1 amide bonds. The maximum absolute atomic E-state index is 12.0. The highest BCUT2D eigenvalue weighted by atomic mass is 16.6. The standard InChI is InChI=1S/C26H32N2O5/c1-16-15-26(2,3)28-18-10-9-17-23-19(31-5)7-6-8-20(23)33-21(24(17)22(16)18)11-13-32-25(29)27-12-14-30-4/h6-10,15,21,28H,11-14H2,1-5H3,(H,27,29). The van der Waals surface area contributed by atoms with E-state index in [1.165, 1.54) is 5.57 Å². The average molecular weight is 453 g/mol. The number of carbonyl (C=O) groups excluding carboxylic acids is 1. The van der Waals surface area contributed by atoms with Crippen LogP contribution in [0.15, 0.2) is 36.4 Å². The zero-order valence-electron chi connectivity index (χ0n) is 19.9. The second-order valence-corrected chi connectivity index (χ2v) is 8.91. The highest BCUT2D eigenvalue weighted by molar-refractivity contribution is 5.91. The number of amides is 1. The van der Waals surface area contributed by atoms with Gasteiger partial charge in [-0.2, -0.15) is 0 Å². The number of benzene rings is 2. The second kappa shape index (κ2) is 9.35. The predicted molar refractivity (Wildman–Crippen MR) is 129 cm³/mol. The van der Waals surface area contributed by atoms with E-state index in [2.05, 4.69) is 49.6 Å². The molecule has 0 fully saturated rings. The molecule has 0 saturated carbocycles. The number of anilines is 1. The van der Waals surface area contributed by atoms with E-state index in [4.69, 9.17) is 18.9 Å². The Morgan fingerprint density at radius 3 is 2.73 bits per heavy atom. The molecule has 7 nitrogen and oxygen atoms in total. The Balaban J connectivity index is 1.69. The minimum Gasteiger partial charge on any atom is -0.496 e. The van der Waals surface area contributed by atoms with E-state index in [9.17, 15) is 4.79 Å². The molecule has 0 aromatic heterocycles. The molecule has 0 aliphatic carbocycles. The molecule has 2 aliphatic heterocycles. The average Bonchev–Trinajstić information content (AvgIpc) is 2.77. The van der Waals surface area contributed by atoms with Gasteiger partial charge in [-0.25, -0.2) is 4.79 Å². The van der Waals surface area contributed by atoms with Crippen molar-refractivity contribution in [1.82, 2.24) is 5.32 Å². The summed E-state index contributed by atoms with van der Waals surface area (Å²) in [5.41, 5.74) is 6.37. The Hall–Kier alpha value is -3.19. The van der Waals surface area contributed by atoms with Gasteiger partial charge in [-0.1, -0.05) is 18.2 Å². The molecule has 0 radical (unpaired) electrons. The second-order valence-electron chi connectivity index (χ2n) is 8.91. The zero-order chi connectivity index (χ0) is 23.6. The maximum Gasteiger partial charge on any atom is 0.407 e. The number of rotatable bonds is 7. The lowest BCUT2D eigenvalue weighted by Gasteiger charge is -2.37. The van der Waals surface area contributed by atoms with Crippen molar-refractivity contribution in [2.75, 3.05) is 39.3 Å². The Morgan fingerprint density at radius 2 is 1.97 bits per heavy atom. The van der Waals surface area contributed by atoms with E-state index in [0.29, 0.717) is 19.6 Å². The molecule has 2 aromatic carbocycles. The van der Waals surface area contributed by atoms with Gasteiger partial charge in [-0.3, -0.25) is 0 Å². The van der Waals surface area contributed by atoms with Crippen LogP contribution in [0.2, 0.25) is 0 Å². The van der Waals surface area contributed by atoms with Crippen molar-refractivity contribution in [3.8, 4) is 22.6 Å². The first-order chi connectivity index (χ1) is 15.8.